The fraction of sp³-hybridized carbons (Fsp3) is 0.211. The van der Waals surface area contributed by atoms with E-state index >= 15 is 0 Å². The lowest BCUT2D eigenvalue weighted by Gasteiger charge is -2.15. The SMILES string of the molecule is Cc1cc(N)c(N/C(=C/C(N)=N[C@H](C)c2ccccc2)NN)cc1C. The summed E-state index contributed by atoms with van der Waals surface area (Å²) in [4.78, 5) is 4.48. The Kier molecular flexibility index (Phi) is 6.03. The summed E-state index contributed by atoms with van der Waals surface area (Å²) in [7, 11) is 0. The lowest BCUT2D eigenvalue weighted by atomic mass is 10.1. The molecule has 0 aliphatic rings. The first kappa shape index (κ1) is 18.4. The van der Waals surface area contributed by atoms with Gasteiger partial charge in [-0.25, -0.2) is 5.84 Å². The summed E-state index contributed by atoms with van der Waals surface area (Å²) < 4.78 is 0. The van der Waals surface area contributed by atoms with E-state index in [0.29, 0.717) is 17.3 Å². The number of hydrazine groups is 1. The van der Waals surface area contributed by atoms with Gasteiger partial charge in [-0.15, -0.1) is 0 Å². The van der Waals surface area contributed by atoms with Gasteiger partial charge in [0.2, 0.25) is 0 Å². The Bertz CT molecular complexity index is 780. The molecule has 0 aliphatic carbocycles. The van der Waals surface area contributed by atoms with Crippen molar-refractivity contribution in [3.05, 3.63) is 71.1 Å². The number of hydrogen-bond acceptors (Lipinski definition) is 5. The van der Waals surface area contributed by atoms with Crippen LogP contribution in [0, 0.1) is 13.8 Å². The second-order valence-electron chi connectivity index (χ2n) is 5.99. The minimum Gasteiger partial charge on any atom is -0.397 e. The third-order valence-electron chi connectivity index (χ3n) is 4.01. The number of rotatable bonds is 6. The zero-order valence-electron chi connectivity index (χ0n) is 14.9. The average molecular weight is 338 g/mol. The number of aryl methyl sites for hydroxylation is 2. The standard InChI is InChI=1S/C19H26N6/c1-12-9-16(20)17(10-13(12)2)24-19(25-22)11-18(21)23-14(3)15-7-5-4-6-8-15/h4-11,14,24-25H,20,22H2,1-3H3,(H2,21,23)/b19-11-/t14-/m1/s1. The summed E-state index contributed by atoms with van der Waals surface area (Å²) >= 11 is 0. The number of aliphatic imine (C=N–C) groups is 1. The fourth-order valence-electron chi connectivity index (χ4n) is 2.42. The highest BCUT2D eigenvalue weighted by Gasteiger charge is 2.06. The van der Waals surface area contributed by atoms with E-state index in [9.17, 15) is 0 Å². The van der Waals surface area contributed by atoms with Crippen molar-refractivity contribution in [2.45, 2.75) is 26.8 Å². The average Bonchev–Trinajstić information content (AvgIpc) is 2.59. The van der Waals surface area contributed by atoms with Crippen molar-refractivity contribution in [2.75, 3.05) is 11.1 Å². The highest BCUT2D eigenvalue weighted by molar-refractivity contribution is 5.92. The van der Waals surface area contributed by atoms with Crippen molar-refractivity contribution in [1.29, 1.82) is 0 Å². The molecule has 0 saturated heterocycles. The molecule has 8 N–H and O–H groups in total. The first-order valence-corrected chi connectivity index (χ1v) is 8.11. The summed E-state index contributed by atoms with van der Waals surface area (Å²) in [5, 5.41) is 3.15. The fourth-order valence-corrected chi connectivity index (χ4v) is 2.42. The van der Waals surface area contributed by atoms with Crippen LogP contribution in [0.3, 0.4) is 0 Å². The highest BCUT2D eigenvalue weighted by Crippen LogP contribution is 2.24. The number of benzene rings is 2. The van der Waals surface area contributed by atoms with E-state index < -0.39 is 0 Å². The van der Waals surface area contributed by atoms with Gasteiger partial charge in [0.1, 0.15) is 11.7 Å². The second-order valence-corrected chi connectivity index (χ2v) is 5.99. The Morgan fingerprint density at radius 1 is 1.12 bits per heavy atom. The van der Waals surface area contributed by atoms with Crippen LogP contribution in [0.5, 0.6) is 0 Å². The molecule has 2 rings (SSSR count). The van der Waals surface area contributed by atoms with Gasteiger partial charge in [-0.2, -0.15) is 0 Å². The van der Waals surface area contributed by atoms with Crippen molar-refractivity contribution in [2.24, 2.45) is 16.6 Å². The molecule has 1 atom stereocenters. The van der Waals surface area contributed by atoms with Gasteiger partial charge in [0.05, 0.1) is 17.4 Å². The maximum Gasteiger partial charge on any atom is 0.122 e. The zero-order valence-corrected chi connectivity index (χ0v) is 14.9. The van der Waals surface area contributed by atoms with Crippen molar-refractivity contribution in [1.82, 2.24) is 5.43 Å². The lowest BCUT2D eigenvalue weighted by Crippen LogP contribution is -2.28. The van der Waals surface area contributed by atoms with Gasteiger partial charge in [-0.05, 0) is 49.6 Å². The van der Waals surface area contributed by atoms with Crippen LogP contribution in [-0.4, -0.2) is 5.84 Å². The molecule has 0 aliphatic heterocycles. The van der Waals surface area contributed by atoms with Gasteiger partial charge in [0.25, 0.3) is 0 Å². The second kappa shape index (κ2) is 8.21. The molecule has 132 valence electrons. The Morgan fingerprint density at radius 3 is 2.40 bits per heavy atom. The third-order valence-corrected chi connectivity index (χ3v) is 4.01. The Hall–Kier alpha value is -2.99. The van der Waals surface area contributed by atoms with Gasteiger partial charge in [-0.1, -0.05) is 30.3 Å². The summed E-state index contributed by atoms with van der Waals surface area (Å²) in [5.41, 5.74) is 19.4. The van der Waals surface area contributed by atoms with Crippen molar-refractivity contribution in [3.8, 4) is 0 Å². The van der Waals surface area contributed by atoms with E-state index in [1.807, 2.05) is 63.2 Å². The van der Waals surface area contributed by atoms with Crippen molar-refractivity contribution >= 4 is 17.2 Å². The quantitative estimate of drug-likeness (QED) is 0.183. The molecule has 2 aromatic carbocycles. The third kappa shape index (κ3) is 4.99. The molecular formula is C19H26N6. The summed E-state index contributed by atoms with van der Waals surface area (Å²) in [6, 6.07) is 13.8. The number of nitrogen functional groups attached to an aromatic ring is 1. The van der Waals surface area contributed by atoms with E-state index in [1.54, 1.807) is 6.08 Å². The molecule has 0 amide bonds. The molecule has 0 heterocycles. The molecule has 0 saturated carbocycles. The van der Waals surface area contributed by atoms with Crippen molar-refractivity contribution < 1.29 is 0 Å². The monoisotopic (exact) mass is 338 g/mol. The molecule has 25 heavy (non-hydrogen) atoms. The predicted octanol–water partition coefficient (Wildman–Crippen LogP) is 2.72. The van der Waals surface area contributed by atoms with E-state index in [-0.39, 0.29) is 6.04 Å². The Labute approximate surface area is 148 Å². The normalized spacial score (nSPS) is 13.4. The van der Waals surface area contributed by atoms with Crippen LogP contribution in [0.4, 0.5) is 11.4 Å². The number of amidine groups is 1. The zero-order chi connectivity index (χ0) is 18.4. The topological polar surface area (TPSA) is 114 Å². The molecule has 6 nitrogen and oxygen atoms in total. The van der Waals surface area contributed by atoms with Crippen LogP contribution in [0.15, 0.2) is 59.4 Å². The molecule has 0 spiro atoms. The summed E-state index contributed by atoms with van der Waals surface area (Å²) in [5.74, 6) is 6.47. The van der Waals surface area contributed by atoms with Crippen LogP contribution in [0.25, 0.3) is 0 Å². The summed E-state index contributed by atoms with van der Waals surface area (Å²) in [6.45, 7) is 6.03. The number of nitrogens with zero attached hydrogens (tertiary/aromatic N) is 1. The van der Waals surface area contributed by atoms with Crippen molar-refractivity contribution in [3.63, 3.8) is 0 Å². The minimum absolute atomic E-state index is 0.0526. The lowest BCUT2D eigenvalue weighted by molar-refractivity contribution is 0.818. The minimum atomic E-state index is -0.0526. The number of anilines is 2. The number of nitrogens with one attached hydrogen (secondary N) is 2. The molecular weight excluding hydrogens is 312 g/mol. The summed E-state index contributed by atoms with van der Waals surface area (Å²) in [6.07, 6.45) is 1.65. The molecule has 0 fully saturated rings. The highest BCUT2D eigenvalue weighted by atomic mass is 15.3. The van der Waals surface area contributed by atoms with Crippen LogP contribution in [0.2, 0.25) is 0 Å². The smallest absolute Gasteiger partial charge is 0.122 e. The molecule has 0 bridgehead atoms. The first-order chi connectivity index (χ1) is 11.9. The van der Waals surface area contributed by atoms with Crippen LogP contribution < -0.4 is 28.1 Å². The van der Waals surface area contributed by atoms with E-state index in [2.05, 4.69) is 15.7 Å². The number of hydrogen-bond donors (Lipinski definition) is 5. The molecule has 0 unspecified atom stereocenters. The van der Waals surface area contributed by atoms with E-state index in [4.69, 9.17) is 17.3 Å². The van der Waals surface area contributed by atoms with Gasteiger partial charge in [-0.3, -0.25) is 4.99 Å². The number of nitrogens with two attached hydrogens (primary N) is 3. The maximum absolute atomic E-state index is 6.06. The van der Waals surface area contributed by atoms with E-state index in [0.717, 1.165) is 22.4 Å². The predicted molar refractivity (Wildman–Crippen MR) is 106 cm³/mol. The van der Waals surface area contributed by atoms with Crippen LogP contribution in [-0.2, 0) is 0 Å². The van der Waals surface area contributed by atoms with Gasteiger partial charge < -0.3 is 22.2 Å². The molecule has 2 aromatic rings. The van der Waals surface area contributed by atoms with E-state index in [1.165, 1.54) is 0 Å². The Balaban J connectivity index is 2.19. The largest absolute Gasteiger partial charge is 0.397 e. The van der Waals surface area contributed by atoms with Gasteiger partial charge >= 0.3 is 0 Å². The van der Waals surface area contributed by atoms with Gasteiger partial charge in [0, 0.05) is 6.08 Å². The molecule has 6 heteroatoms. The maximum atomic E-state index is 6.06. The Morgan fingerprint density at radius 2 is 1.76 bits per heavy atom. The molecule has 0 radical (unpaired) electrons. The van der Waals surface area contributed by atoms with Crippen LogP contribution >= 0.6 is 0 Å². The molecule has 0 aromatic heterocycles. The van der Waals surface area contributed by atoms with Gasteiger partial charge in [0.15, 0.2) is 0 Å². The van der Waals surface area contributed by atoms with Crippen LogP contribution in [0.1, 0.15) is 29.7 Å². The first-order valence-electron chi connectivity index (χ1n) is 8.11.